The number of hydrogen-bond acceptors (Lipinski definition) is 7. The van der Waals surface area contributed by atoms with E-state index in [1.807, 2.05) is 29.0 Å². The third-order valence-corrected chi connectivity index (χ3v) is 6.90. The largest absolute Gasteiger partial charge is 0.495 e. The summed E-state index contributed by atoms with van der Waals surface area (Å²) < 4.78 is 7.25. The highest BCUT2D eigenvalue weighted by molar-refractivity contribution is 7.19. The summed E-state index contributed by atoms with van der Waals surface area (Å²) in [5.41, 5.74) is 2.44. The van der Waals surface area contributed by atoms with Gasteiger partial charge in [0.2, 0.25) is 0 Å². The first-order valence-corrected chi connectivity index (χ1v) is 11.3. The topological polar surface area (TPSA) is 68.1 Å². The fraction of sp³-hybridized carbons (Fsp3) is 0.318. The fourth-order valence-electron chi connectivity index (χ4n) is 3.91. The molecule has 1 aliphatic heterocycles. The van der Waals surface area contributed by atoms with Crippen LogP contribution >= 0.6 is 22.9 Å². The van der Waals surface area contributed by atoms with Crippen molar-refractivity contribution in [1.29, 1.82) is 0 Å². The van der Waals surface area contributed by atoms with Gasteiger partial charge in [-0.3, -0.25) is 0 Å². The highest BCUT2D eigenvalue weighted by Gasteiger charge is 2.23. The number of halogens is 1. The van der Waals surface area contributed by atoms with Crippen LogP contribution in [0.2, 0.25) is 5.02 Å². The van der Waals surface area contributed by atoms with Crippen LogP contribution in [0.15, 0.2) is 36.9 Å². The number of hydrogen-bond donors (Lipinski definition) is 1. The summed E-state index contributed by atoms with van der Waals surface area (Å²) in [5, 5.41) is 5.31. The molecule has 0 radical (unpaired) electrons. The summed E-state index contributed by atoms with van der Waals surface area (Å²) >= 11 is 8.09. The van der Waals surface area contributed by atoms with Crippen molar-refractivity contribution in [2.45, 2.75) is 26.1 Å². The zero-order chi connectivity index (χ0) is 21.4. The second kappa shape index (κ2) is 8.45. The second-order valence-electron chi connectivity index (χ2n) is 7.72. The van der Waals surface area contributed by atoms with Gasteiger partial charge < -0.3 is 19.5 Å². The lowest BCUT2D eigenvalue weighted by molar-refractivity contribution is 0.318. The highest BCUT2D eigenvalue weighted by Crippen LogP contribution is 2.37. The maximum absolute atomic E-state index is 6.31. The minimum Gasteiger partial charge on any atom is -0.495 e. The van der Waals surface area contributed by atoms with Crippen molar-refractivity contribution in [3.8, 4) is 5.75 Å². The number of likely N-dealkylation sites (N-methyl/N-ethyl adjacent to an activating group) is 1. The first-order valence-electron chi connectivity index (χ1n) is 10.1. The van der Waals surface area contributed by atoms with E-state index >= 15 is 0 Å². The van der Waals surface area contributed by atoms with Gasteiger partial charge in [-0.2, -0.15) is 0 Å². The number of methoxy groups -OCH3 is 1. The first-order chi connectivity index (χ1) is 15.1. The normalized spacial score (nSPS) is 14.0. The molecule has 0 saturated heterocycles. The van der Waals surface area contributed by atoms with Crippen molar-refractivity contribution >= 4 is 39.0 Å². The molecule has 4 aromatic rings. The molecule has 1 aromatic carbocycles. The Morgan fingerprint density at radius 3 is 2.97 bits per heavy atom. The fourth-order valence-corrected chi connectivity index (χ4v) is 5.51. The van der Waals surface area contributed by atoms with Crippen LogP contribution in [-0.4, -0.2) is 45.1 Å². The minimum atomic E-state index is 0.585. The van der Waals surface area contributed by atoms with Gasteiger partial charge in [0.25, 0.3) is 0 Å². The lowest BCUT2D eigenvalue weighted by Gasteiger charge is -2.22. The molecule has 4 heterocycles. The van der Waals surface area contributed by atoms with Crippen LogP contribution in [-0.2, 0) is 26.1 Å². The van der Waals surface area contributed by atoms with Gasteiger partial charge in [0, 0.05) is 36.9 Å². The third-order valence-electron chi connectivity index (χ3n) is 5.50. The summed E-state index contributed by atoms with van der Waals surface area (Å²) in [5.74, 6) is 2.33. The number of aromatic nitrogens is 4. The molecule has 1 N–H and O–H groups in total. The molecule has 0 spiro atoms. The monoisotopic (exact) mass is 454 g/mol. The van der Waals surface area contributed by atoms with Crippen LogP contribution in [0.1, 0.15) is 21.8 Å². The van der Waals surface area contributed by atoms with Crippen molar-refractivity contribution in [3.05, 3.63) is 63.8 Å². The molecule has 0 fully saturated rings. The van der Waals surface area contributed by atoms with Gasteiger partial charge in [-0.1, -0.05) is 17.7 Å². The molecule has 0 amide bonds. The summed E-state index contributed by atoms with van der Waals surface area (Å²) in [6, 6.07) is 5.83. The molecule has 0 unspecified atom stereocenters. The Kier molecular flexibility index (Phi) is 5.52. The van der Waals surface area contributed by atoms with Crippen LogP contribution in [0.3, 0.4) is 0 Å². The molecule has 3 aromatic heterocycles. The summed E-state index contributed by atoms with van der Waals surface area (Å²) in [7, 11) is 3.78. The maximum atomic E-state index is 6.31. The smallest absolute Gasteiger partial charge is 0.152 e. The summed E-state index contributed by atoms with van der Waals surface area (Å²) in [6.07, 6.45) is 6.49. The molecule has 7 nitrogen and oxygen atoms in total. The molecule has 0 bridgehead atoms. The Labute approximate surface area is 189 Å². The number of imidazole rings is 1. The number of nitrogens with one attached hydrogen (secondary N) is 1. The van der Waals surface area contributed by atoms with Crippen molar-refractivity contribution in [1.82, 2.24) is 24.4 Å². The van der Waals surface area contributed by atoms with E-state index in [2.05, 4.69) is 22.2 Å². The van der Waals surface area contributed by atoms with E-state index in [4.69, 9.17) is 26.3 Å². The predicted molar refractivity (Wildman–Crippen MR) is 124 cm³/mol. The molecular weight excluding hydrogens is 432 g/mol. The first kappa shape index (κ1) is 20.2. The number of nitrogens with zero attached hydrogens (tertiary/aromatic N) is 5. The number of benzene rings is 1. The Balaban J connectivity index is 1.51. The highest BCUT2D eigenvalue weighted by atomic mass is 35.5. The molecule has 31 heavy (non-hydrogen) atoms. The summed E-state index contributed by atoms with van der Waals surface area (Å²) in [6.45, 7) is 3.20. The molecule has 160 valence electrons. The Hall–Kier alpha value is -2.68. The molecule has 0 aliphatic carbocycles. The molecule has 0 saturated carbocycles. The molecule has 1 aliphatic rings. The van der Waals surface area contributed by atoms with E-state index in [0.29, 0.717) is 23.9 Å². The Morgan fingerprint density at radius 2 is 2.19 bits per heavy atom. The molecule has 5 rings (SSSR count). The quantitative estimate of drug-likeness (QED) is 0.471. The average Bonchev–Trinajstić information content (AvgIpc) is 3.39. The maximum Gasteiger partial charge on any atom is 0.152 e. The number of thiophene rings is 1. The van der Waals surface area contributed by atoms with Crippen molar-refractivity contribution in [2.75, 3.05) is 26.0 Å². The van der Waals surface area contributed by atoms with E-state index in [1.165, 1.54) is 10.4 Å². The van der Waals surface area contributed by atoms with Crippen molar-refractivity contribution in [2.24, 2.45) is 0 Å². The molecular formula is C22H23ClN6OS. The standard InChI is InChI=1S/C22H23ClN6OS/c1-28-7-5-15-18(11-28)31-22-20(15)21(26-19(27-22)12-29-8-6-24-13-29)25-10-14-3-4-17(30-2)16(23)9-14/h3-4,6,8-9,13H,5,7,10-12H2,1-2H3,(H,25,26,27). The SMILES string of the molecule is COc1ccc(CNc2nc(Cn3ccnc3)nc3sc4c(c23)CCN(C)C4)cc1Cl. The zero-order valence-corrected chi connectivity index (χ0v) is 19.0. The third kappa shape index (κ3) is 4.11. The van der Waals surface area contributed by atoms with E-state index in [1.54, 1.807) is 31.0 Å². The number of fused-ring (bicyclic) bond motifs is 3. The zero-order valence-electron chi connectivity index (χ0n) is 17.4. The van der Waals surface area contributed by atoms with Gasteiger partial charge in [0.15, 0.2) is 5.82 Å². The van der Waals surface area contributed by atoms with Crippen molar-refractivity contribution in [3.63, 3.8) is 0 Å². The number of anilines is 1. The number of rotatable bonds is 6. The summed E-state index contributed by atoms with van der Waals surface area (Å²) in [4.78, 5) is 18.7. The van der Waals surface area contributed by atoms with Crippen LogP contribution in [0.5, 0.6) is 5.75 Å². The van der Waals surface area contributed by atoms with Crippen LogP contribution in [0.25, 0.3) is 10.2 Å². The van der Waals surface area contributed by atoms with Crippen LogP contribution in [0.4, 0.5) is 5.82 Å². The van der Waals surface area contributed by atoms with E-state index in [0.717, 1.165) is 46.9 Å². The number of ether oxygens (including phenoxy) is 1. The van der Waals surface area contributed by atoms with Gasteiger partial charge >= 0.3 is 0 Å². The Morgan fingerprint density at radius 1 is 1.29 bits per heavy atom. The molecule has 0 atom stereocenters. The van der Waals surface area contributed by atoms with Gasteiger partial charge in [-0.15, -0.1) is 11.3 Å². The van der Waals surface area contributed by atoms with Gasteiger partial charge in [-0.25, -0.2) is 15.0 Å². The van der Waals surface area contributed by atoms with Gasteiger partial charge in [0.1, 0.15) is 16.4 Å². The van der Waals surface area contributed by atoms with Crippen molar-refractivity contribution < 1.29 is 4.74 Å². The lowest BCUT2D eigenvalue weighted by Crippen LogP contribution is -2.25. The average molecular weight is 455 g/mol. The van der Waals surface area contributed by atoms with Crippen LogP contribution in [0, 0.1) is 0 Å². The second-order valence-corrected chi connectivity index (χ2v) is 9.21. The molecule has 9 heteroatoms. The van der Waals surface area contributed by atoms with E-state index in [9.17, 15) is 0 Å². The predicted octanol–water partition coefficient (Wildman–Crippen LogP) is 4.20. The minimum absolute atomic E-state index is 0.585. The Bertz CT molecular complexity index is 1220. The van der Waals surface area contributed by atoms with Gasteiger partial charge in [-0.05, 0) is 36.7 Å². The van der Waals surface area contributed by atoms with E-state index < -0.39 is 0 Å². The van der Waals surface area contributed by atoms with Gasteiger partial charge in [0.05, 0.1) is 30.4 Å². The van der Waals surface area contributed by atoms with E-state index in [-0.39, 0.29) is 0 Å². The lowest BCUT2D eigenvalue weighted by atomic mass is 10.1. The van der Waals surface area contributed by atoms with Crippen LogP contribution < -0.4 is 10.1 Å².